The molecule has 0 bridgehead atoms. The number of carbonyl (C=O) groups is 2. The highest BCUT2D eigenvalue weighted by molar-refractivity contribution is 9.10. The van der Waals surface area contributed by atoms with Crippen molar-refractivity contribution in [3.8, 4) is 5.75 Å². The lowest BCUT2D eigenvalue weighted by Crippen LogP contribution is -2.33. The summed E-state index contributed by atoms with van der Waals surface area (Å²) < 4.78 is 6.02. The molecule has 0 aromatic heterocycles. The normalized spacial score (nSPS) is 10.1. The summed E-state index contributed by atoms with van der Waals surface area (Å²) in [4.78, 5) is 24.6. The number of ether oxygens (including phenoxy) is 1. The number of thioether (sulfide) groups is 1. The van der Waals surface area contributed by atoms with Gasteiger partial charge in [-0.2, -0.15) is 0 Å². The number of benzene rings is 2. The Labute approximate surface area is 153 Å². The molecule has 0 heterocycles. The Hall–Kier alpha value is -1.99. The highest BCUT2D eigenvalue weighted by Crippen LogP contribution is 2.28. The number of amides is 2. The number of carbonyl (C=O) groups excluding carboxylic acids is 2. The molecular formula is C17H17BrN2O3S. The number of hydrogen-bond acceptors (Lipinski definition) is 4. The summed E-state index contributed by atoms with van der Waals surface area (Å²) in [5.41, 5.74) is 0.667. The summed E-state index contributed by atoms with van der Waals surface area (Å²) in [5, 5.41) is 5.33. The lowest BCUT2D eigenvalue weighted by molar-refractivity contribution is -0.122. The third-order valence-electron chi connectivity index (χ3n) is 3.02. The number of halogens is 1. The Morgan fingerprint density at radius 2 is 1.79 bits per heavy atom. The van der Waals surface area contributed by atoms with Gasteiger partial charge in [-0.25, -0.2) is 0 Å². The first-order valence-corrected chi connectivity index (χ1v) is 8.95. The number of rotatable bonds is 7. The molecule has 2 aromatic carbocycles. The second-order valence-corrected chi connectivity index (χ2v) is 6.62. The molecule has 0 aliphatic heterocycles. The van der Waals surface area contributed by atoms with E-state index in [0.29, 0.717) is 5.69 Å². The van der Waals surface area contributed by atoms with Crippen molar-refractivity contribution in [1.82, 2.24) is 5.32 Å². The van der Waals surface area contributed by atoms with Crippen molar-refractivity contribution >= 4 is 45.2 Å². The van der Waals surface area contributed by atoms with Crippen LogP contribution in [0.3, 0.4) is 0 Å². The van der Waals surface area contributed by atoms with Crippen LogP contribution in [0.15, 0.2) is 57.9 Å². The van der Waals surface area contributed by atoms with Gasteiger partial charge in [0.2, 0.25) is 11.8 Å². The summed E-state index contributed by atoms with van der Waals surface area (Å²) in [6.07, 6.45) is 0. The van der Waals surface area contributed by atoms with Crippen LogP contribution in [0.4, 0.5) is 5.69 Å². The van der Waals surface area contributed by atoms with Crippen LogP contribution in [0.1, 0.15) is 0 Å². The van der Waals surface area contributed by atoms with E-state index < -0.39 is 0 Å². The first-order valence-electron chi connectivity index (χ1n) is 7.17. The van der Waals surface area contributed by atoms with E-state index in [4.69, 9.17) is 4.74 Å². The molecule has 2 rings (SSSR count). The molecule has 2 aromatic rings. The number of nitrogens with one attached hydrogen (secondary N) is 2. The second kappa shape index (κ2) is 9.34. The molecule has 0 spiro atoms. The second-order valence-electron chi connectivity index (χ2n) is 4.74. The van der Waals surface area contributed by atoms with Crippen LogP contribution in [0.25, 0.3) is 0 Å². The first kappa shape index (κ1) is 18.4. The maximum absolute atomic E-state index is 11.9. The fourth-order valence-electron chi connectivity index (χ4n) is 1.87. The third-order valence-corrected chi connectivity index (χ3v) is 4.77. The predicted octanol–water partition coefficient (Wildman–Crippen LogP) is 3.30. The maximum Gasteiger partial charge on any atom is 0.243 e. The zero-order chi connectivity index (χ0) is 17.4. The Bertz CT molecular complexity index is 724. The molecule has 2 N–H and O–H groups in total. The lowest BCUT2D eigenvalue weighted by Gasteiger charge is -2.09. The van der Waals surface area contributed by atoms with E-state index in [1.165, 1.54) is 11.8 Å². The Kier molecular flexibility index (Phi) is 7.14. The van der Waals surface area contributed by atoms with E-state index in [-0.39, 0.29) is 24.1 Å². The molecule has 0 radical (unpaired) electrons. The Balaban J connectivity index is 1.77. The summed E-state index contributed by atoms with van der Waals surface area (Å²) in [6, 6.07) is 14.8. The molecule has 126 valence electrons. The van der Waals surface area contributed by atoms with Crippen molar-refractivity contribution < 1.29 is 14.3 Å². The van der Waals surface area contributed by atoms with E-state index >= 15 is 0 Å². The molecule has 0 atom stereocenters. The van der Waals surface area contributed by atoms with Crippen LogP contribution >= 0.6 is 27.7 Å². The van der Waals surface area contributed by atoms with Crippen LogP contribution in [-0.2, 0) is 9.59 Å². The van der Waals surface area contributed by atoms with E-state index in [2.05, 4.69) is 26.6 Å². The molecule has 0 saturated carbocycles. The average Bonchev–Trinajstić information content (AvgIpc) is 2.60. The van der Waals surface area contributed by atoms with Gasteiger partial charge in [0.15, 0.2) is 0 Å². The zero-order valence-electron chi connectivity index (χ0n) is 13.0. The van der Waals surface area contributed by atoms with Crippen molar-refractivity contribution in [1.29, 1.82) is 0 Å². The molecule has 0 saturated heterocycles. The highest BCUT2D eigenvalue weighted by atomic mass is 79.9. The van der Waals surface area contributed by atoms with E-state index in [9.17, 15) is 9.59 Å². The monoisotopic (exact) mass is 408 g/mol. The molecule has 7 heteroatoms. The molecule has 0 aliphatic rings. The highest BCUT2D eigenvalue weighted by Gasteiger charge is 2.09. The summed E-state index contributed by atoms with van der Waals surface area (Å²) >= 11 is 4.71. The van der Waals surface area contributed by atoms with Crippen molar-refractivity contribution in [2.45, 2.75) is 4.90 Å². The van der Waals surface area contributed by atoms with Crippen LogP contribution < -0.4 is 15.4 Å². The van der Waals surface area contributed by atoms with Gasteiger partial charge in [-0.05, 0) is 40.2 Å². The van der Waals surface area contributed by atoms with Gasteiger partial charge in [-0.3, -0.25) is 9.59 Å². The number of hydrogen-bond donors (Lipinski definition) is 2. The standard InChI is InChI=1S/C17H17BrN2O3S/c1-23-14-8-4-5-9-15(14)24-11-17(22)19-10-16(21)20-13-7-3-2-6-12(13)18/h2-9H,10-11H2,1H3,(H,19,22)(H,20,21). The van der Waals surface area contributed by atoms with Crippen molar-refractivity contribution in [2.24, 2.45) is 0 Å². The zero-order valence-corrected chi connectivity index (χ0v) is 15.4. The fourth-order valence-corrected chi connectivity index (χ4v) is 3.11. The minimum Gasteiger partial charge on any atom is -0.496 e. The van der Waals surface area contributed by atoms with E-state index in [1.54, 1.807) is 13.2 Å². The van der Waals surface area contributed by atoms with Gasteiger partial charge in [0.1, 0.15) is 5.75 Å². The van der Waals surface area contributed by atoms with Gasteiger partial charge in [0.05, 0.1) is 25.1 Å². The van der Waals surface area contributed by atoms with Crippen LogP contribution in [-0.4, -0.2) is 31.2 Å². The van der Waals surface area contributed by atoms with Crippen LogP contribution in [0.5, 0.6) is 5.75 Å². The summed E-state index contributed by atoms with van der Waals surface area (Å²) in [6.45, 7) is -0.0767. The molecule has 0 aliphatic carbocycles. The Morgan fingerprint density at radius 1 is 1.08 bits per heavy atom. The smallest absolute Gasteiger partial charge is 0.243 e. The third kappa shape index (κ3) is 5.58. The maximum atomic E-state index is 11.9. The van der Waals surface area contributed by atoms with Crippen LogP contribution in [0.2, 0.25) is 0 Å². The molecule has 2 amide bonds. The predicted molar refractivity (Wildman–Crippen MR) is 99.5 cm³/mol. The molecule has 0 unspecified atom stereocenters. The summed E-state index contributed by atoms with van der Waals surface area (Å²) in [5.74, 6) is 0.440. The number of anilines is 1. The first-order chi connectivity index (χ1) is 11.6. The average molecular weight is 409 g/mol. The van der Waals surface area contributed by atoms with Crippen molar-refractivity contribution in [3.63, 3.8) is 0 Å². The molecular weight excluding hydrogens is 392 g/mol. The molecule has 5 nitrogen and oxygen atoms in total. The van der Waals surface area contributed by atoms with Gasteiger partial charge >= 0.3 is 0 Å². The van der Waals surface area contributed by atoms with E-state index in [1.807, 2.05) is 42.5 Å². The topological polar surface area (TPSA) is 67.4 Å². The molecule has 24 heavy (non-hydrogen) atoms. The van der Waals surface area contributed by atoms with Gasteiger partial charge in [0.25, 0.3) is 0 Å². The van der Waals surface area contributed by atoms with Crippen molar-refractivity contribution in [3.05, 3.63) is 53.0 Å². The Morgan fingerprint density at radius 3 is 2.54 bits per heavy atom. The van der Waals surface area contributed by atoms with Crippen LogP contribution in [0, 0.1) is 0 Å². The van der Waals surface area contributed by atoms with Gasteiger partial charge in [-0.15, -0.1) is 11.8 Å². The summed E-state index contributed by atoms with van der Waals surface area (Å²) in [7, 11) is 1.59. The minimum atomic E-state index is -0.280. The largest absolute Gasteiger partial charge is 0.496 e. The number of methoxy groups -OCH3 is 1. The lowest BCUT2D eigenvalue weighted by atomic mass is 10.3. The van der Waals surface area contributed by atoms with Gasteiger partial charge in [0, 0.05) is 9.37 Å². The SMILES string of the molecule is COc1ccccc1SCC(=O)NCC(=O)Nc1ccccc1Br. The fraction of sp³-hybridized carbons (Fsp3) is 0.176. The van der Waals surface area contributed by atoms with Gasteiger partial charge < -0.3 is 15.4 Å². The van der Waals surface area contributed by atoms with E-state index in [0.717, 1.165) is 15.1 Å². The quantitative estimate of drug-likeness (QED) is 0.689. The number of para-hydroxylation sites is 2. The minimum absolute atomic E-state index is 0.0767. The molecule has 0 fully saturated rings. The van der Waals surface area contributed by atoms with Crippen molar-refractivity contribution in [2.75, 3.05) is 24.7 Å². The van der Waals surface area contributed by atoms with Gasteiger partial charge in [-0.1, -0.05) is 24.3 Å².